The molecule has 2 aromatic rings. The molecule has 7 nitrogen and oxygen atoms in total. The second-order valence-electron chi connectivity index (χ2n) is 7.16. The number of esters is 1. The number of ether oxygens (including phenoxy) is 1. The molecule has 1 aliphatic heterocycles. The lowest BCUT2D eigenvalue weighted by Gasteiger charge is -2.26. The number of rotatable bonds is 7. The maximum Gasteiger partial charge on any atom is 0.340 e. The minimum Gasteiger partial charge on any atom is -0.452 e. The summed E-state index contributed by atoms with van der Waals surface area (Å²) in [7, 11) is -3.73. The van der Waals surface area contributed by atoms with Gasteiger partial charge in [0.2, 0.25) is 10.0 Å². The van der Waals surface area contributed by atoms with E-state index < -0.39 is 28.5 Å². The number of nitrogens with zero attached hydrogens (tertiary/aromatic N) is 2. The molecule has 166 valence electrons. The number of benzene rings is 2. The first-order chi connectivity index (χ1) is 14.8. The molecule has 0 saturated carbocycles. The van der Waals surface area contributed by atoms with Crippen LogP contribution < -0.4 is 4.90 Å². The van der Waals surface area contributed by atoms with Crippen LogP contribution in [0.1, 0.15) is 36.5 Å². The fourth-order valence-corrected chi connectivity index (χ4v) is 5.21. The zero-order valence-corrected chi connectivity index (χ0v) is 18.9. The Kier molecular flexibility index (Phi) is 7.69. The van der Waals surface area contributed by atoms with Crippen molar-refractivity contribution in [3.8, 4) is 0 Å². The van der Waals surface area contributed by atoms with Gasteiger partial charge in [0.05, 0.1) is 15.5 Å². The maximum atomic E-state index is 12.9. The summed E-state index contributed by atoms with van der Waals surface area (Å²) in [6.45, 7) is 2.64. The lowest BCUT2D eigenvalue weighted by molar-refractivity contribution is -0.121. The predicted molar refractivity (Wildman–Crippen MR) is 119 cm³/mol. The number of piperidine rings is 1. The van der Waals surface area contributed by atoms with E-state index in [9.17, 15) is 18.0 Å². The van der Waals surface area contributed by atoms with Crippen molar-refractivity contribution in [2.45, 2.75) is 31.1 Å². The number of sulfonamides is 1. The Morgan fingerprint density at radius 3 is 2.39 bits per heavy atom. The van der Waals surface area contributed by atoms with Crippen molar-refractivity contribution in [2.75, 3.05) is 31.1 Å². The Morgan fingerprint density at radius 1 is 1.06 bits per heavy atom. The van der Waals surface area contributed by atoms with Crippen molar-refractivity contribution >= 4 is 39.2 Å². The van der Waals surface area contributed by atoms with Crippen molar-refractivity contribution in [2.24, 2.45) is 0 Å². The van der Waals surface area contributed by atoms with Crippen molar-refractivity contribution in [3.05, 3.63) is 59.1 Å². The first-order valence-electron chi connectivity index (χ1n) is 10.2. The third-order valence-corrected chi connectivity index (χ3v) is 7.35. The van der Waals surface area contributed by atoms with E-state index in [0.29, 0.717) is 25.3 Å². The van der Waals surface area contributed by atoms with Crippen LogP contribution in [-0.2, 0) is 19.6 Å². The zero-order valence-electron chi connectivity index (χ0n) is 17.3. The van der Waals surface area contributed by atoms with E-state index in [-0.39, 0.29) is 15.5 Å². The molecule has 1 fully saturated rings. The maximum absolute atomic E-state index is 12.9. The van der Waals surface area contributed by atoms with Crippen LogP contribution in [-0.4, -0.2) is 50.8 Å². The normalized spacial score (nSPS) is 14.8. The van der Waals surface area contributed by atoms with Crippen LogP contribution in [0.2, 0.25) is 5.02 Å². The average Bonchev–Trinajstić information content (AvgIpc) is 2.79. The molecule has 0 aliphatic carbocycles. The van der Waals surface area contributed by atoms with Gasteiger partial charge in [-0.15, -0.1) is 0 Å². The Balaban J connectivity index is 1.73. The number of para-hydroxylation sites is 1. The number of carbonyl (C=O) groups is 2. The summed E-state index contributed by atoms with van der Waals surface area (Å²) in [6.07, 6.45) is 2.61. The lowest BCUT2D eigenvalue weighted by Crippen LogP contribution is -2.35. The number of carbonyl (C=O) groups excluding carboxylic acids is 2. The third-order valence-electron chi connectivity index (χ3n) is 5.12. The van der Waals surface area contributed by atoms with Gasteiger partial charge < -0.3 is 9.64 Å². The number of likely N-dealkylation sites (N-methyl/N-ethyl adjacent to an activating group) is 1. The van der Waals surface area contributed by atoms with E-state index in [0.717, 1.165) is 19.3 Å². The molecule has 3 rings (SSSR count). The molecule has 0 unspecified atom stereocenters. The van der Waals surface area contributed by atoms with E-state index in [4.69, 9.17) is 16.3 Å². The molecule has 0 aromatic heterocycles. The van der Waals surface area contributed by atoms with Crippen LogP contribution in [0.3, 0.4) is 0 Å². The number of amides is 1. The lowest BCUT2D eigenvalue weighted by atomic mass is 10.2. The highest BCUT2D eigenvalue weighted by atomic mass is 35.5. The van der Waals surface area contributed by atoms with Gasteiger partial charge in [-0.1, -0.05) is 36.2 Å². The summed E-state index contributed by atoms with van der Waals surface area (Å²) in [5, 5.41) is 0.0606. The van der Waals surface area contributed by atoms with Crippen LogP contribution in [0.4, 0.5) is 5.69 Å². The molecule has 0 radical (unpaired) electrons. The SMILES string of the molecule is CCN(C(=O)COC(=O)c1cc(S(=O)(=O)N2CCCCC2)ccc1Cl)c1ccccc1. The first kappa shape index (κ1) is 23.2. The minimum atomic E-state index is -3.73. The van der Waals surface area contributed by atoms with Crippen molar-refractivity contribution in [1.29, 1.82) is 0 Å². The summed E-state index contributed by atoms with van der Waals surface area (Å²) >= 11 is 6.12. The van der Waals surface area contributed by atoms with Gasteiger partial charge in [-0.2, -0.15) is 4.31 Å². The van der Waals surface area contributed by atoms with Crippen LogP contribution in [0.5, 0.6) is 0 Å². The molecule has 2 aromatic carbocycles. The average molecular weight is 465 g/mol. The van der Waals surface area contributed by atoms with E-state index in [2.05, 4.69) is 0 Å². The second-order valence-corrected chi connectivity index (χ2v) is 9.50. The molecule has 1 saturated heterocycles. The smallest absolute Gasteiger partial charge is 0.340 e. The van der Waals surface area contributed by atoms with Gasteiger partial charge in [-0.3, -0.25) is 4.79 Å². The summed E-state index contributed by atoms with van der Waals surface area (Å²) in [5.74, 6) is -1.24. The fraction of sp³-hybridized carbons (Fsp3) is 0.364. The number of anilines is 1. The largest absolute Gasteiger partial charge is 0.452 e. The van der Waals surface area contributed by atoms with Crippen molar-refractivity contribution in [1.82, 2.24) is 4.31 Å². The quantitative estimate of drug-likeness (QED) is 0.583. The number of hydrogen-bond acceptors (Lipinski definition) is 5. The summed E-state index contributed by atoms with van der Waals surface area (Å²) in [5.41, 5.74) is 0.606. The molecule has 0 bridgehead atoms. The van der Waals surface area contributed by atoms with Crippen molar-refractivity contribution < 1.29 is 22.7 Å². The molecular weight excluding hydrogens is 440 g/mol. The third kappa shape index (κ3) is 5.44. The Labute approximate surface area is 187 Å². The van der Waals surface area contributed by atoms with Gasteiger partial charge in [0.1, 0.15) is 0 Å². The van der Waals surface area contributed by atoms with Crippen LogP contribution in [0, 0.1) is 0 Å². The second kappa shape index (κ2) is 10.3. The Hall–Kier alpha value is -2.42. The number of halogens is 1. The summed E-state index contributed by atoms with van der Waals surface area (Å²) < 4.78 is 32.4. The summed E-state index contributed by atoms with van der Waals surface area (Å²) in [6, 6.07) is 13.0. The van der Waals surface area contributed by atoms with Gasteiger partial charge in [-0.25, -0.2) is 13.2 Å². The standard InChI is InChI=1S/C22H25ClN2O5S/c1-2-25(17-9-5-3-6-10-17)21(26)16-30-22(27)19-15-18(11-12-20(19)23)31(28,29)24-13-7-4-8-14-24/h3,5-6,9-12,15H,2,4,7-8,13-14,16H2,1H3. The predicted octanol–water partition coefficient (Wildman–Crippen LogP) is 3.72. The van der Waals surface area contributed by atoms with Gasteiger partial charge in [0.15, 0.2) is 6.61 Å². The number of hydrogen-bond donors (Lipinski definition) is 0. The molecule has 0 atom stereocenters. The fourth-order valence-electron chi connectivity index (χ4n) is 3.47. The summed E-state index contributed by atoms with van der Waals surface area (Å²) in [4.78, 5) is 26.6. The molecule has 1 amide bonds. The molecule has 1 aliphatic rings. The molecular formula is C22H25ClN2O5S. The van der Waals surface area contributed by atoms with Gasteiger partial charge in [0, 0.05) is 25.3 Å². The van der Waals surface area contributed by atoms with Gasteiger partial charge in [0.25, 0.3) is 5.91 Å². The molecule has 0 spiro atoms. The highest BCUT2D eigenvalue weighted by Crippen LogP contribution is 2.25. The van der Waals surface area contributed by atoms with Crippen molar-refractivity contribution in [3.63, 3.8) is 0 Å². The molecule has 9 heteroatoms. The first-order valence-corrected chi connectivity index (χ1v) is 12.0. The molecule has 0 N–H and O–H groups in total. The molecule has 31 heavy (non-hydrogen) atoms. The highest BCUT2D eigenvalue weighted by molar-refractivity contribution is 7.89. The Morgan fingerprint density at radius 2 is 1.74 bits per heavy atom. The van der Waals surface area contributed by atoms with Gasteiger partial charge >= 0.3 is 5.97 Å². The van der Waals surface area contributed by atoms with Crippen LogP contribution in [0.15, 0.2) is 53.4 Å². The Bertz CT molecular complexity index is 1040. The molecule has 1 heterocycles. The minimum absolute atomic E-state index is 0.0171. The van der Waals surface area contributed by atoms with Gasteiger partial charge in [-0.05, 0) is 50.1 Å². The van der Waals surface area contributed by atoms with Crippen LogP contribution >= 0.6 is 11.6 Å². The van der Waals surface area contributed by atoms with Crippen LogP contribution in [0.25, 0.3) is 0 Å². The van der Waals surface area contributed by atoms with E-state index in [1.807, 2.05) is 25.1 Å². The topological polar surface area (TPSA) is 84.0 Å². The monoisotopic (exact) mass is 464 g/mol. The highest BCUT2D eigenvalue weighted by Gasteiger charge is 2.28. The zero-order chi connectivity index (χ0) is 22.4. The van der Waals surface area contributed by atoms with E-state index in [1.165, 1.54) is 27.4 Å². The van der Waals surface area contributed by atoms with E-state index >= 15 is 0 Å². The van der Waals surface area contributed by atoms with E-state index in [1.54, 1.807) is 12.1 Å².